The van der Waals surface area contributed by atoms with Crippen molar-refractivity contribution in [2.45, 2.75) is 61.0 Å². The molecule has 26 heavy (non-hydrogen) atoms. The highest BCUT2D eigenvalue weighted by Crippen LogP contribution is 2.52. The van der Waals surface area contributed by atoms with Gasteiger partial charge in [0.1, 0.15) is 0 Å². The maximum absolute atomic E-state index is 13.7. The third kappa shape index (κ3) is 5.16. The smallest absolute Gasteiger partial charge is 0.301 e. The first kappa shape index (κ1) is 22.3. The van der Waals surface area contributed by atoms with Crippen LogP contribution in [0.5, 0.6) is 0 Å². The van der Waals surface area contributed by atoms with Gasteiger partial charge in [0.05, 0.1) is 5.60 Å². The van der Waals surface area contributed by atoms with Crippen molar-refractivity contribution in [3.05, 3.63) is 64.7 Å². The van der Waals surface area contributed by atoms with Gasteiger partial charge >= 0.3 is 7.37 Å². The van der Waals surface area contributed by atoms with Gasteiger partial charge in [-0.3, -0.25) is 9.36 Å². The van der Waals surface area contributed by atoms with Crippen molar-refractivity contribution in [3.8, 4) is 0 Å². The van der Waals surface area contributed by atoms with Crippen LogP contribution < -0.4 is 5.30 Å². The highest BCUT2D eigenvalue weighted by molar-refractivity contribution is 7.83. The van der Waals surface area contributed by atoms with Gasteiger partial charge in [0, 0.05) is 10.9 Å². The SMILES string of the molecule is CC.Cc1cc(C)c(C(=O)P(=O)(OC(C)(C)C)c2ccccc2)c(C)c1. The molecule has 0 aromatic heterocycles. The van der Waals surface area contributed by atoms with Crippen molar-refractivity contribution in [1.29, 1.82) is 0 Å². The molecule has 1 unspecified atom stereocenters. The lowest BCUT2D eigenvalue weighted by molar-refractivity contribution is 0.0977. The molecule has 0 N–H and O–H groups in total. The second-order valence-electron chi connectivity index (χ2n) is 7.17. The van der Waals surface area contributed by atoms with Crippen LogP contribution in [0.1, 0.15) is 61.7 Å². The Bertz CT molecular complexity index is 779. The summed E-state index contributed by atoms with van der Waals surface area (Å²) in [6, 6.07) is 12.6. The number of benzene rings is 2. The van der Waals surface area contributed by atoms with Crippen molar-refractivity contribution in [3.63, 3.8) is 0 Å². The Morgan fingerprint density at radius 1 is 0.923 bits per heavy atom. The van der Waals surface area contributed by atoms with Crippen LogP contribution in [0, 0.1) is 20.8 Å². The van der Waals surface area contributed by atoms with E-state index in [0.29, 0.717) is 10.9 Å². The Morgan fingerprint density at radius 2 is 1.38 bits per heavy atom. The van der Waals surface area contributed by atoms with Crippen LogP contribution in [-0.2, 0) is 9.09 Å². The van der Waals surface area contributed by atoms with Gasteiger partial charge < -0.3 is 4.52 Å². The maximum Gasteiger partial charge on any atom is 0.301 e. The summed E-state index contributed by atoms with van der Waals surface area (Å²) in [5.74, 6) is 0. The third-order valence-electron chi connectivity index (χ3n) is 3.66. The lowest BCUT2D eigenvalue weighted by atomic mass is 10.0. The fraction of sp³-hybridized carbons (Fsp3) is 0.409. The van der Waals surface area contributed by atoms with E-state index in [1.54, 1.807) is 24.3 Å². The van der Waals surface area contributed by atoms with Crippen LogP contribution in [0.3, 0.4) is 0 Å². The van der Waals surface area contributed by atoms with E-state index in [2.05, 4.69) is 0 Å². The van der Waals surface area contributed by atoms with Gasteiger partial charge in [0.15, 0.2) is 0 Å². The zero-order valence-corrected chi connectivity index (χ0v) is 18.1. The number of carbonyl (C=O) groups excluding carboxylic acids is 1. The molecule has 142 valence electrons. The molecule has 0 aliphatic rings. The first-order valence-electron chi connectivity index (χ1n) is 9.04. The van der Waals surface area contributed by atoms with E-state index < -0.39 is 18.5 Å². The fourth-order valence-corrected chi connectivity index (χ4v) is 5.29. The van der Waals surface area contributed by atoms with Crippen molar-refractivity contribution in [2.75, 3.05) is 0 Å². The van der Waals surface area contributed by atoms with Gasteiger partial charge in [-0.1, -0.05) is 49.7 Å². The molecule has 0 bridgehead atoms. The van der Waals surface area contributed by atoms with Gasteiger partial charge in [0.2, 0.25) is 0 Å². The van der Waals surface area contributed by atoms with Crippen LogP contribution in [-0.4, -0.2) is 11.1 Å². The largest absolute Gasteiger partial charge is 0.314 e. The first-order chi connectivity index (χ1) is 12.0. The van der Waals surface area contributed by atoms with Crippen LogP contribution in [0.4, 0.5) is 0 Å². The number of rotatable bonds is 4. The summed E-state index contributed by atoms with van der Waals surface area (Å²) in [4.78, 5) is 13.3. The average molecular weight is 374 g/mol. The molecular weight excluding hydrogens is 343 g/mol. The molecule has 0 spiro atoms. The molecule has 0 heterocycles. The monoisotopic (exact) mass is 374 g/mol. The summed E-state index contributed by atoms with van der Waals surface area (Å²) in [5.41, 5.74) is 2.09. The van der Waals surface area contributed by atoms with Gasteiger partial charge in [0.25, 0.3) is 5.52 Å². The van der Waals surface area contributed by atoms with Gasteiger partial charge in [-0.05, 0) is 64.8 Å². The predicted molar refractivity (Wildman–Crippen MR) is 111 cm³/mol. The van der Waals surface area contributed by atoms with E-state index in [9.17, 15) is 9.36 Å². The van der Waals surface area contributed by atoms with E-state index in [-0.39, 0.29) is 0 Å². The van der Waals surface area contributed by atoms with Crippen LogP contribution in [0.2, 0.25) is 0 Å². The fourth-order valence-electron chi connectivity index (χ4n) is 2.89. The average Bonchev–Trinajstić information content (AvgIpc) is 2.55. The molecule has 0 saturated heterocycles. The first-order valence-corrected chi connectivity index (χ1v) is 10.7. The zero-order valence-electron chi connectivity index (χ0n) is 17.2. The minimum absolute atomic E-state index is 0.432. The molecule has 2 aromatic rings. The Hall–Kier alpha value is -1.70. The Kier molecular flexibility index (Phi) is 7.56. The zero-order chi connectivity index (χ0) is 20.1. The van der Waals surface area contributed by atoms with E-state index in [4.69, 9.17) is 4.52 Å². The van der Waals surface area contributed by atoms with Crippen molar-refractivity contribution in [2.24, 2.45) is 0 Å². The molecule has 0 aliphatic carbocycles. The summed E-state index contributed by atoms with van der Waals surface area (Å²) in [6.07, 6.45) is 0. The standard InChI is InChI=1S/C20H25O3P.C2H6/c1-14-12-15(2)18(16(3)13-14)19(21)24(22,23-20(4,5)6)17-10-8-7-9-11-17;1-2/h7-13H,1-6H3;1-2H3. The number of aryl methyl sites for hydroxylation is 3. The second kappa shape index (κ2) is 8.79. The number of carbonyl (C=O) groups is 1. The molecule has 4 heteroatoms. The highest BCUT2D eigenvalue weighted by atomic mass is 31.2. The van der Waals surface area contributed by atoms with E-state index >= 15 is 0 Å². The molecule has 0 radical (unpaired) electrons. The predicted octanol–water partition coefficient (Wildman–Crippen LogP) is 6.20. The second-order valence-corrected chi connectivity index (χ2v) is 9.38. The van der Waals surface area contributed by atoms with Crippen molar-refractivity contribution >= 4 is 18.2 Å². The van der Waals surface area contributed by atoms with Crippen LogP contribution in [0.25, 0.3) is 0 Å². The van der Waals surface area contributed by atoms with Gasteiger partial charge in [-0.25, -0.2) is 0 Å². The Labute approximate surface area is 158 Å². The number of hydrogen-bond donors (Lipinski definition) is 0. The molecule has 3 nitrogen and oxygen atoms in total. The third-order valence-corrected chi connectivity index (χ3v) is 6.20. The summed E-state index contributed by atoms with van der Waals surface area (Å²) >= 11 is 0. The maximum atomic E-state index is 13.7. The van der Waals surface area contributed by atoms with Crippen molar-refractivity contribution < 1.29 is 13.9 Å². The lowest BCUT2D eigenvalue weighted by Crippen LogP contribution is -2.26. The highest BCUT2D eigenvalue weighted by Gasteiger charge is 2.40. The summed E-state index contributed by atoms with van der Waals surface area (Å²) in [6.45, 7) is 15.2. The molecule has 1 atom stereocenters. The molecule has 0 aliphatic heterocycles. The van der Waals surface area contributed by atoms with Gasteiger partial charge in [-0.2, -0.15) is 0 Å². The molecule has 0 saturated carbocycles. The Morgan fingerprint density at radius 3 is 1.81 bits per heavy atom. The number of hydrogen-bond acceptors (Lipinski definition) is 3. The van der Waals surface area contributed by atoms with Crippen LogP contribution in [0.15, 0.2) is 42.5 Å². The molecule has 0 fully saturated rings. The lowest BCUT2D eigenvalue weighted by Gasteiger charge is -2.27. The van der Waals surface area contributed by atoms with Gasteiger partial charge in [-0.15, -0.1) is 0 Å². The summed E-state index contributed by atoms with van der Waals surface area (Å²) in [7, 11) is -3.71. The molecule has 2 aromatic carbocycles. The van der Waals surface area contributed by atoms with E-state index in [0.717, 1.165) is 16.7 Å². The normalized spacial score (nSPS) is 13.4. The minimum Gasteiger partial charge on any atom is -0.314 e. The van der Waals surface area contributed by atoms with E-state index in [1.807, 2.05) is 73.6 Å². The molecular formula is C22H31O3P. The molecule has 0 amide bonds. The minimum atomic E-state index is -3.71. The van der Waals surface area contributed by atoms with E-state index in [1.165, 1.54) is 0 Å². The molecule has 2 rings (SSSR count). The van der Waals surface area contributed by atoms with Crippen LogP contribution >= 0.6 is 7.37 Å². The Balaban J connectivity index is 0.00000163. The summed E-state index contributed by atoms with van der Waals surface area (Å²) in [5, 5.41) is 0.435. The van der Waals surface area contributed by atoms with Crippen molar-refractivity contribution in [1.82, 2.24) is 0 Å². The summed E-state index contributed by atoms with van der Waals surface area (Å²) < 4.78 is 19.6. The quantitative estimate of drug-likeness (QED) is 0.599. The topological polar surface area (TPSA) is 43.4 Å².